The third-order valence-electron chi connectivity index (χ3n) is 6.57. The molecule has 0 aliphatic carbocycles. The largest absolute Gasteiger partial charge is 0.494 e. The second kappa shape index (κ2) is 10.1. The highest BCUT2D eigenvalue weighted by Crippen LogP contribution is 2.36. The Labute approximate surface area is 221 Å². The van der Waals surface area contributed by atoms with E-state index in [0.29, 0.717) is 5.56 Å². The van der Waals surface area contributed by atoms with E-state index < -0.39 is 11.7 Å². The van der Waals surface area contributed by atoms with Gasteiger partial charge in [-0.05, 0) is 78.9 Å². The van der Waals surface area contributed by atoms with Crippen molar-refractivity contribution in [3.63, 3.8) is 0 Å². The minimum Gasteiger partial charge on any atom is -0.399 e. The fourth-order valence-corrected chi connectivity index (χ4v) is 4.08. The van der Waals surface area contributed by atoms with Crippen LogP contribution in [0, 0.1) is 0 Å². The molecule has 1 aliphatic rings. The first-order valence-electron chi connectivity index (χ1n) is 11.6. The molecule has 11 heteroatoms. The number of pyridine rings is 1. The Morgan fingerprint density at radius 3 is 2.27 bits per heavy atom. The minimum absolute atomic E-state index is 0.205. The van der Waals surface area contributed by atoms with Crippen molar-refractivity contribution in [3.8, 4) is 0 Å². The zero-order chi connectivity index (χ0) is 27.0. The Morgan fingerprint density at radius 1 is 1.00 bits per heavy atom. The molecule has 3 heterocycles. The molecule has 0 amide bonds. The van der Waals surface area contributed by atoms with E-state index in [9.17, 15) is 18.0 Å². The molecule has 1 N–H and O–H groups in total. The van der Waals surface area contributed by atoms with Crippen molar-refractivity contribution in [1.82, 2.24) is 14.8 Å². The van der Waals surface area contributed by atoms with Gasteiger partial charge in [0.25, 0.3) is 5.56 Å². The van der Waals surface area contributed by atoms with E-state index in [0.717, 1.165) is 33.0 Å². The molecule has 4 aromatic rings. The molecule has 37 heavy (non-hydrogen) atoms. The molecule has 0 radical (unpaired) electrons. The van der Waals surface area contributed by atoms with Crippen LogP contribution < -0.4 is 11.0 Å². The topological polar surface area (TPSA) is 69.1 Å². The lowest BCUT2D eigenvalue weighted by molar-refractivity contribution is -0.137. The fraction of sp³-hybridized carbons (Fsp3) is 0.308. The average Bonchev–Trinajstić information content (AvgIpc) is 3.37. The summed E-state index contributed by atoms with van der Waals surface area (Å²) in [6.45, 7) is 8.46. The molecule has 2 aromatic heterocycles. The Bertz CT molecular complexity index is 1430. The van der Waals surface area contributed by atoms with Crippen LogP contribution >= 0.6 is 15.9 Å². The van der Waals surface area contributed by atoms with E-state index in [-0.39, 0.29) is 30.4 Å². The first kappa shape index (κ1) is 27.2. The first-order chi connectivity index (χ1) is 17.2. The third-order valence-corrected chi connectivity index (χ3v) is 7.04. The standard InChI is InChI=1S/C13H17BN2O2.C13H9BrF3NO/c1-12(2)13(3,4)18-14(17-12)10-6-5-9-8-15-16-11(9)7-10;14-11-5-6-12(19)18(8-11)7-9-1-3-10(4-2-9)13(15,16)17/h5-8H,1-4H3,(H,15,16);1-6,8H,7H2. The predicted octanol–water partition coefficient (Wildman–Crippen LogP) is 5.54. The van der Waals surface area contributed by atoms with Gasteiger partial charge in [-0.25, -0.2) is 0 Å². The summed E-state index contributed by atoms with van der Waals surface area (Å²) in [5, 5.41) is 8.08. The first-order valence-corrected chi connectivity index (χ1v) is 12.4. The van der Waals surface area contributed by atoms with E-state index in [1.54, 1.807) is 12.3 Å². The molecule has 0 unspecified atom stereocenters. The Balaban J connectivity index is 0.000000173. The van der Waals surface area contributed by atoms with E-state index in [2.05, 4.69) is 53.8 Å². The molecule has 0 spiro atoms. The molecule has 0 saturated carbocycles. The van der Waals surface area contributed by atoms with Gasteiger partial charge < -0.3 is 13.9 Å². The number of alkyl halides is 3. The number of H-pyrrole nitrogens is 1. The molecule has 0 bridgehead atoms. The number of benzene rings is 2. The summed E-state index contributed by atoms with van der Waals surface area (Å²) in [7, 11) is -0.317. The third kappa shape index (κ3) is 6.16. The number of hydrogen-bond acceptors (Lipinski definition) is 4. The van der Waals surface area contributed by atoms with Gasteiger partial charge >= 0.3 is 13.3 Å². The number of aromatic nitrogens is 3. The van der Waals surface area contributed by atoms with E-state index in [1.165, 1.54) is 22.8 Å². The fourth-order valence-electron chi connectivity index (χ4n) is 3.70. The van der Waals surface area contributed by atoms with Crippen molar-refractivity contribution < 1.29 is 22.5 Å². The number of nitrogens with zero attached hydrogens (tertiary/aromatic N) is 2. The smallest absolute Gasteiger partial charge is 0.399 e. The van der Waals surface area contributed by atoms with Gasteiger partial charge in [0.1, 0.15) is 0 Å². The Kier molecular flexibility index (Phi) is 7.42. The summed E-state index contributed by atoms with van der Waals surface area (Å²) >= 11 is 3.24. The van der Waals surface area contributed by atoms with Crippen molar-refractivity contribution in [2.24, 2.45) is 0 Å². The molecular formula is C26H26BBrF3N3O3. The van der Waals surface area contributed by atoms with Gasteiger partial charge in [-0.15, -0.1) is 0 Å². The average molecular weight is 576 g/mol. The number of aromatic amines is 1. The zero-order valence-electron chi connectivity index (χ0n) is 20.8. The SMILES string of the molecule is CC1(C)OB(c2ccc3cn[nH]c3c2)OC1(C)C.O=c1ccc(Br)cn1Cc1ccc(C(F)(F)F)cc1. The second-order valence-electron chi connectivity index (χ2n) is 9.81. The normalized spacial score (nSPS) is 16.5. The lowest BCUT2D eigenvalue weighted by Gasteiger charge is -2.32. The van der Waals surface area contributed by atoms with Crippen LogP contribution in [0.1, 0.15) is 38.8 Å². The summed E-state index contributed by atoms with van der Waals surface area (Å²) in [5.74, 6) is 0. The van der Waals surface area contributed by atoms with Crippen LogP contribution in [-0.4, -0.2) is 33.1 Å². The van der Waals surface area contributed by atoms with Crippen molar-refractivity contribution in [2.75, 3.05) is 0 Å². The Hall–Kier alpha value is -2.89. The quantitative estimate of drug-likeness (QED) is 0.326. The number of nitrogens with one attached hydrogen (secondary N) is 1. The lowest BCUT2D eigenvalue weighted by Crippen LogP contribution is -2.41. The summed E-state index contributed by atoms with van der Waals surface area (Å²) < 4.78 is 51.4. The van der Waals surface area contributed by atoms with Crippen LogP contribution in [0.15, 0.2) is 76.3 Å². The molecule has 5 rings (SSSR count). The van der Waals surface area contributed by atoms with Gasteiger partial charge in [0.05, 0.1) is 35.0 Å². The maximum Gasteiger partial charge on any atom is 0.494 e. The van der Waals surface area contributed by atoms with Crippen molar-refractivity contribution >= 4 is 39.4 Å². The molecule has 1 fully saturated rings. The highest BCUT2D eigenvalue weighted by atomic mass is 79.9. The van der Waals surface area contributed by atoms with Crippen molar-refractivity contribution in [3.05, 3.63) is 92.9 Å². The molecule has 2 aromatic carbocycles. The summed E-state index contributed by atoms with van der Waals surface area (Å²) in [4.78, 5) is 11.6. The van der Waals surface area contributed by atoms with Crippen LogP contribution in [0.5, 0.6) is 0 Å². The number of halogens is 4. The van der Waals surface area contributed by atoms with Gasteiger partial charge in [0, 0.05) is 22.1 Å². The predicted molar refractivity (Wildman–Crippen MR) is 141 cm³/mol. The zero-order valence-corrected chi connectivity index (χ0v) is 22.4. The maximum absolute atomic E-state index is 12.4. The highest BCUT2D eigenvalue weighted by molar-refractivity contribution is 9.10. The van der Waals surface area contributed by atoms with E-state index in [4.69, 9.17) is 9.31 Å². The lowest BCUT2D eigenvalue weighted by atomic mass is 9.79. The van der Waals surface area contributed by atoms with Crippen molar-refractivity contribution in [2.45, 2.75) is 51.6 Å². The van der Waals surface area contributed by atoms with Gasteiger partial charge in [0.2, 0.25) is 0 Å². The second-order valence-corrected chi connectivity index (χ2v) is 10.7. The van der Waals surface area contributed by atoms with E-state index >= 15 is 0 Å². The van der Waals surface area contributed by atoms with Gasteiger partial charge in [-0.3, -0.25) is 9.89 Å². The van der Waals surface area contributed by atoms with Gasteiger partial charge in [-0.2, -0.15) is 18.3 Å². The number of hydrogen-bond donors (Lipinski definition) is 1. The minimum atomic E-state index is -4.34. The molecule has 0 atom stereocenters. The maximum atomic E-state index is 12.4. The summed E-state index contributed by atoms with van der Waals surface area (Å²) in [6.07, 6.45) is -0.936. The van der Waals surface area contributed by atoms with Crippen LogP contribution in [0.3, 0.4) is 0 Å². The Morgan fingerprint density at radius 2 is 1.65 bits per heavy atom. The number of rotatable bonds is 3. The van der Waals surface area contributed by atoms with Crippen LogP contribution in [0.4, 0.5) is 13.2 Å². The molecule has 1 saturated heterocycles. The van der Waals surface area contributed by atoms with Gasteiger partial charge in [0.15, 0.2) is 0 Å². The number of fused-ring (bicyclic) bond motifs is 1. The molecule has 1 aliphatic heterocycles. The summed E-state index contributed by atoms with van der Waals surface area (Å²) in [6, 6.07) is 13.9. The monoisotopic (exact) mass is 575 g/mol. The molecule has 194 valence electrons. The van der Waals surface area contributed by atoms with Crippen LogP contribution in [0.25, 0.3) is 10.9 Å². The van der Waals surface area contributed by atoms with E-state index in [1.807, 2.05) is 24.4 Å². The van der Waals surface area contributed by atoms with Crippen molar-refractivity contribution in [1.29, 1.82) is 0 Å². The van der Waals surface area contributed by atoms with Crippen LogP contribution in [0.2, 0.25) is 0 Å². The molecular weight excluding hydrogens is 550 g/mol. The highest BCUT2D eigenvalue weighted by Gasteiger charge is 2.51. The summed E-state index contributed by atoms with van der Waals surface area (Å²) in [5.41, 5.74) is 1.14. The van der Waals surface area contributed by atoms with Crippen LogP contribution in [-0.2, 0) is 22.0 Å². The molecule has 6 nitrogen and oxygen atoms in total. The van der Waals surface area contributed by atoms with Gasteiger partial charge in [-0.1, -0.05) is 24.3 Å².